The number of amides is 2. The van der Waals surface area contributed by atoms with Crippen molar-refractivity contribution in [3.05, 3.63) is 59.7 Å². The Kier molecular flexibility index (Phi) is 8.54. The van der Waals surface area contributed by atoms with Gasteiger partial charge in [-0.3, -0.25) is 9.59 Å². The number of carbonyl (C=O) groups excluding carboxylic acids is 2. The first-order chi connectivity index (χ1) is 15.5. The second kappa shape index (κ2) is 11.6. The van der Waals surface area contributed by atoms with Crippen molar-refractivity contribution in [2.45, 2.75) is 38.5 Å². The molecule has 1 saturated carbocycles. The van der Waals surface area contributed by atoms with Crippen LogP contribution in [0, 0.1) is 11.8 Å². The summed E-state index contributed by atoms with van der Waals surface area (Å²) in [6.45, 7) is 1.31. The normalized spacial score (nSPS) is 18.1. The summed E-state index contributed by atoms with van der Waals surface area (Å²) in [5.41, 5.74) is 7.78. The fraction of sp³-hybridized carbons (Fsp3) is 0.462. The molecule has 0 bridgehead atoms. The Morgan fingerprint density at radius 2 is 1.44 bits per heavy atom. The standard InChI is InChI=1S/C26H34N2O4/c1-31-23-13-8-20(18-24(23)32-2)15-17-28(16-14-19-6-4-3-5-7-19)26(30)22-11-9-21(10-12-22)25(27)29/h3-8,13,18,21-22H,9-12,14-17H2,1-2H3,(H2,27,29). The summed E-state index contributed by atoms with van der Waals surface area (Å²) in [5.74, 6) is 1.20. The summed E-state index contributed by atoms with van der Waals surface area (Å²) in [4.78, 5) is 26.9. The Balaban J connectivity index is 1.67. The fourth-order valence-electron chi connectivity index (χ4n) is 4.42. The molecule has 0 atom stereocenters. The first-order valence-electron chi connectivity index (χ1n) is 11.3. The van der Waals surface area contributed by atoms with Gasteiger partial charge in [-0.05, 0) is 61.8 Å². The number of benzene rings is 2. The van der Waals surface area contributed by atoms with Crippen LogP contribution in [-0.2, 0) is 22.4 Å². The highest BCUT2D eigenvalue weighted by atomic mass is 16.5. The average molecular weight is 439 g/mol. The topological polar surface area (TPSA) is 81.9 Å². The predicted molar refractivity (Wildman–Crippen MR) is 125 cm³/mol. The number of methoxy groups -OCH3 is 2. The van der Waals surface area contributed by atoms with E-state index in [0.29, 0.717) is 37.4 Å². The van der Waals surface area contributed by atoms with Crippen LogP contribution in [0.3, 0.4) is 0 Å². The van der Waals surface area contributed by atoms with Gasteiger partial charge in [-0.25, -0.2) is 0 Å². The second-order valence-electron chi connectivity index (χ2n) is 8.45. The fourth-order valence-corrected chi connectivity index (χ4v) is 4.42. The van der Waals surface area contributed by atoms with Gasteiger partial charge in [0.05, 0.1) is 14.2 Å². The molecule has 0 unspecified atom stereocenters. The molecule has 6 heteroatoms. The largest absolute Gasteiger partial charge is 0.493 e. The summed E-state index contributed by atoms with van der Waals surface area (Å²) in [5, 5.41) is 0. The first kappa shape index (κ1) is 23.6. The lowest BCUT2D eigenvalue weighted by molar-refractivity contribution is -0.138. The molecule has 1 aliphatic rings. The Morgan fingerprint density at radius 1 is 0.844 bits per heavy atom. The molecule has 2 N–H and O–H groups in total. The molecule has 0 heterocycles. The van der Waals surface area contributed by atoms with Crippen LogP contribution < -0.4 is 15.2 Å². The van der Waals surface area contributed by atoms with Crippen LogP contribution in [0.4, 0.5) is 0 Å². The zero-order valence-corrected chi connectivity index (χ0v) is 19.1. The van der Waals surface area contributed by atoms with Crippen molar-refractivity contribution in [3.8, 4) is 11.5 Å². The monoisotopic (exact) mass is 438 g/mol. The van der Waals surface area contributed by atoms with Crippen LogP contribution in [0.1, 0.15) is 36.8 Å². The number of hydrogen-bond acceptors (Lipinski definition) is 4. The van der Waals surface area contributed by atoms with Crippen molar-refractivity contribution < 1.29 is 19.1 Å². The van der Waals surface area contributed by atoms with Gasteiger partial charge in [0.25, 0.3) is 0 Å². The molecule has 1 aliphatic carbocycles. The predicted octanol–water partition coefficient (Wildman–Crippen LogP) is 3.61. The highest BCUT2D eigenvalue weighted by Gasteiger charge is 2.31. The van der Waals surface area contributed by atoms with Gasteiger partial charge in [-0.2, -0.15) is 0 Å². The Morgan fingerprint density at radius 3 is 2.03 bits per heavy atom. The van der Waals surface area contributed by atoms with E-state index >= 15 is 0 Å². The van der Waals surface area contributed by atoms with E-state index in [4.69, 9.17) is 15.2 Å². The molecular weight excluding hydrogens is 404 g/mol. The van der Waals surface area contributed by atoms with E-state index < -0.39 is 0 Å². The van der Waals surface area contributed by atoms with Crippen molar-refractivity contribution in [2.24, 2.45) is 17.6 Å². The minimum absolute atomic E-state index is 0.0354. The molecule has 0 saturated heterocycles. The number of nitrogens with two attached hydrogens (primary N) is 1. The van der Waals surface area contributed by atoms with Crippen molar-refractivity contribution in [3.63, 3.8) is 0 Å². The summed E-state index contributed by atoms with van der Waals surface area (Å²) in [7, 11) is 3.24. The Hall–Kier alpha value is -3.02. The van der Waals surface area contributed by atoms with Gasteiger partial charge in [0.2, 0.25) is 11.8 Å². The van der Waals surface area contributed by atoms with Crippen molar-refractivity contribution >= 4 is 11.8 Å². The quantitative estimate of drug-likeness (QED) is 0.614. The van der Waals surface area contributed by atoms with E-state index in [1.807, 2.05) is 41.3 Å². The van der Waals surface area contributed by atoms with Crippen LogP contribution in [0.5, 0.6) is 11.5 Å². The average Bonchev–Trinajstić information content (AvgIpc) is 2.84. The molecule has 3 rings (SSSR count). The molecule has 1 fully saturated rings. The molecular formula is C26H34N2O4. The molecule has 0 aliphatic heterocycles. The summed E-state index contributed by atoms with van der Waals surface area (Å²) in [6, 6.07) is 16.1. The number of primary amides is 1. The SMILES string of the molecule is COc1ccc(CCN(CCc2ccccc2)C(=O)C2CCC(C(N)=O)CC2)cc1OC. The third-order valence-electron chi connectivity index (χ3n) is 6.42. The third kappa shape index (κ3) is 6.25. The van der Waals surface area contributed by atoms with Gasteiger partial charge in [0.15, 0.2) is 11.5 Å². The number of carbonyl (C=O) groups is 2. The molecule has 2 aromatic rings. The molecule has 2 aromatic carbocycles. The van der Waals surface area contributed by atoms with Gasteiger partial charge in [-0.1, -0.05) is 36.4 Å². The maximum atomic E-state index is 13.4. The molecule has 0 radical (unpaired) electrons. The van der Waals surface area contributed by atoms with Crippen LogP contribution in [0.15, 0.2) is 48.5 Å². The second-order valence-corrected chi connectivity index (χ2v) is 8.45. The van der Waals surface area contributed by atoms with Crippen molar-refractivity contribution in [1.82, 2.24) is 4.90 Å². The summed E-state index contributed by atoms with van der Waals surface area (Å²) < 4.78 is 10.7. The van der Waals surface area contributed by atoms with E-state index in [0.717, 1.165) is 31.2 Å². The van der Waals surface area contributed by atoms with Crippen LogP contribution in [-0.4, -0.2) is 44.0 Å². The smallest absolute Gasteiger partial charge is 0.225 e. The van der Waals surface area contributed by atoms with Gasteiger partial charge in [0, 0.05) is 24.9 Å². The zero-order valence-electron chi connectivity index (χ0n) is 19.1. The lowest BCUT2D eigenvalue weighted by Gasteiger charge is -2.31. The van der Waals surface area contributed by atoms with E-state index in [-0.39, 0.29) is 23.7 Å². The van der Waals surface area contributed by atoms with E-state index in [9.17, 15) is 9.59 Å². The third-order valence-corrected chi connectivity index (χ3v) is 6.42. The lowest BCUT2D eigenvalue weighted by atomic mass is 9.81. The Labute approximate surface area is 190 Å². The van der Waals surface area contributed by atoms with Crippen molar-refractivity contribution in [2.75, 3.05) is 27.3 Å². The van der Waals surface area contributed by atoms with Gasteiger partial charge < -0.3 is 20.1 Å². The maximum Gasteiger partial charge on any atom is 0.225 e. The van der Waals surface area contributed by atoms with Crippen LogP contribution >= 0.6 is 0 Å². The van der Waals surface area contributed by atoms with Crippen LogP contribution in [0.25, 0.3) is 0 Å². The summed E-state index contributed by atoms with van der Waals surface area (Å²) >= 11 is 0. The van der Waals surface area contributed by atoms with Gasteiger partial charge in [0.1, 0.15) is 0 Å². The summed E-state index contributed by atoms with van der Waals surface area (Å²) in [6.07, 6.45) is 4.41. The van der Waals surface area contributed by atoms with E-state index in [2.05, 4.69) is 12.1 Å². The number of rotatable bonds is 10. The highest BCUT2D eigenvalue weighted by Crippen LogP contribution is 2.31. The van der Waals surface area contributed by atoms with Gasteiger partial charge >= 0.3 is 0 Å². The lowest BCUT2D eigenvalue weighted by Crippen LogP contribution is -2.41. The first-order valence-corrected chi connectivity index (χ1v) is 11.3. The molecule has 172 valence electrons. The number of hydrogen-bond donors (Lipinski definition) is 1. The van der Waals surface area contributed by atoms with E-state index in [1.165, 1.54) is 5.56 Å². The zero-order chi connectivity index (χ0) is 22.9. The highest BCUT2D eigenvalue weighted by molar-refractivity contribution is 5.80. The molecule has 0 aromatic heterocycles. The Bertz CT molecular complexity index is 892. The number of nitrogens with zero attached hydrogens (tertiary/aromatic N) is 1. The molecule has 0 spiro atoms. The van der Waals surface area contributed by atoms with Crippen molar-refractivity contribution in [1.29, 1.82) is 0 Å². The molecule has 6 nitrogen and oxygen atoms in total. The molecule has 2 amide bonds. The molecule has 32 heavy (non-hydrogen) atoms. The minimum atomic E-state index is -0.245. The van der Waals surface area contributed by atoms with Gasteiger partial charge in [-0.15, -0.1) is 0 Å². The van der Waals surface area contributed by atoms with Crippen LogP contribution in [0.2, 0.25) is 0 Å². The number of ether oxygens (including phenoxy) is 2. The van der Waals surface area contributed by atoms with E-state index in [1.54, 1.807) is 14.2 Å². The maximum absolute atomic E-state index is 13.4. The minimum Gasteiger partial charge on any atom is -0.493 e.